The molecule has 0 saturated carbocycles. The average Bonchev–Trinajstić information content (AvgIpc) is 2.18. The van der Waals surface area contributed by atoms with Crippen LogP contribution in [0.25, 0.3) is 0 Å². The van der Waals surface area contributed by atoms with E-state index in [9.17, 15) is 4.79 Å². The van der Waals surface area contributed by atoms with Crippen LogP contribution in [-0.4, -0.2) is 28.6 Å². The lowest BCUT2D eigenvalue weighted by molar-refractivity contribution is 0.0924. The molecule has 2 N–H and O–H groups in total. The fraction of sp³-hybridized carbons (Fsp3) is 0.333. The van der Waals surface area contributed by atoms with Gasteiger partial charge in [-0.1, -0.05) is 11.6 Å². The molecule has 0 radical (unpaired) electrons. The van der Waals surface area contributed by atoms with Crippen LogP contribution in [0.5, 0.6) is 0 Å². The third-order valence-electron chi connectivity index (χ3n) is 1.61. The highest BCUT2D eigenvalue weighted by Gasteiger charge is 2.12. The van der Waals surface area contributed by atoms with E-state index < -0.39 is 6.10 Å². The van der Waals surface area contributed by atoms with Gasteiger partial charge in [-0.25, -0.2) is 4.98 Å². The molecule has 1 amide bonds. The summed E-state index contributed by atoms with van der Waals surface area (Å²) >= 11 is 8.95. The van der Waals surface area contributed by atoms with Crippen LogP contribution in [0.15, 0.2) is 16.7 Å². The van der Waals surface area contributed by atoms with Crippen LogP contribution in [0.3, 0.4) is 0 Å². The van der Waals surface area contributed by atoms with Gasteiger partial charge in [-0.15, -0.1) is 0 Å². The summed E-state index contributed by atoms with van der Waals surface area (Å²) in [6.07, 6.45) is 0.918. The Balaban J connectivity index is 2.77. The Morgan fingerprint density at radius 1 is 1.80 bits per heavy atom. The van der Waals surface area contributed by atoms with E-state index in [-0.39, 0.29) is 23.2 Å². The minimum atomic E-state index is -0.590. The molecule has 0 spiro atoms. The van der Waals surface area contributed by atoms with Crippen LogP contribution in [-0.2, 0) is 0 Å². The van der Waals surface area contributed by atoms with Gasteiger partial charge < -0.3 is 10.4 Å². The summed E-state index contributed by atoms with van der Waals surface area (Å²) in [5.41, 5.74) is 0.284. The Labute approximate surface area is 101 Å². The smallest absolute Gasteiger partial charge is 0.254 e. The minimum Gasteiger partial charge on any atom is -0.392 e. The van der Waals surface area contributed by atoms with E-state index in [4.69, 9.17) is 16.7 Å². The quantitative estimate of drug-likeness (QED) is 0.832. The van der Waals surface area contributed by atoms with Gasteiger partial charge in [0.25, 0.3) is 5.91 Å². The van der Waals surface area contributed by atoms with Gasteiger partial charge >= 0.3 is 0 Å². The molecule has 15 heavy (non-hydrogen) atoms. The van der Waals surface area contributed by atoms with Gasteiger partial charge in [0.15, 0.2) is 0 Å². The molecular formula is C9H10BrClN2O2. The fourth-order valence-corrected chi connectivity index (χ4v) is 1.44. The summed E-state index contributed by atoms with van der Waals surface area (Å²) in [5, 5.41) is 11.7. The largest absolute Gasteiger partial charge is 0.392 e. The summed E-state index contributed by atoms with van der Waals surface area (Å²) in [5.74, 6) is -0.352. The van der Waals surface area contributed by atoms with Crippen molar-refractivity contribution in [2.24, 2.45) is 0 Å². The number of amides is 1. The molecule has 4 nitrogen and oxygen atoms in total. The normalized spacial score (nSPS) is 12.3. The molecule has 1 unspecified atom stereocenters. The summed E-state index contributed by atoms with van der Waals surface area (Å²) in [7, 11) is 0. The lowest BCUT2D eigenvalue weighted by Gasteiger charge is -2.07. The number of pyridine rings is 1. The molecule has 0 aliphatic heterocycles. The predicted molar refractivity (Wildman–Crippen MR) is 61.0 cm³/mol. The molecule has 0 aliphatic rings. The zero-order chi connectivity index (χ0) is 11.4. The fourth-order valence-electron chi connectivity index (χ4n) is 0.917. The van der Waals surface area contributed by atoms with Crippen molar-refractivity contribution in [3.8, 4) is 0 Å². The van der Waals surface area contributed by atoms with Gasteiger partial charge in [0.1, 0.15) is 5.15 Å². The number of hydrogen-bond acceptors (Lipinski definition) is 3. The van der Waals surface area contributed by atoms with Gasteiger partial charge in [0, 0.05) is 17.2 Å². The van der Waals surface area contributed by atoms with Gasteiger partial charge in [-0.05, 0) is 28.9 Å². The molecule has 0 aliphatic carbocycles. The third kappa shape index (κ3) is 3.77. The number of hydrogen-bond donors (Lipinski definition) is 2. The van der Waals surface area contributed by atoms with Gasteiger partial charge in [0.2, 0.25) is 0 Å². The number of aliphatic hydroxyl groups is 1. The number of nitrogens with one attached hydrogen (secondary N) is 1. The lowest BCUT2D eigenvalue weighted by Crippen LogP contribution is -2.30. The standard InChI is InChI=1S/C9H10BrClN2O2/c1-5(14)3-13-9(15)7-2-6(10)4-12-8(7)11/h2,4-5,14H,3H2,1H3,(H,13,15). The number of carbonyl (C=O) groups excluding carboxylic acids is 1. The highest BCUT2D eigenvalue weighted by atomic mass is 79.9. The maximum absolute atomic E-state index is 11.6. The van der Waals surface area contributed by atoms with Crippen LogP contribution in [0.4, 0.5) is 0 Å². The SMILES string of the molecule is CC(O)CNC(=O)c1cc(Br)cnc1Cl. The van der Waals surface area contributed by atoms with Crippen molar-refractivity contribution in [2.45, 2.75) is 13.0 Å². The van der Waals surface area contributed by atoms with Gasteiger partial charge in [0.05, 0.1) is 11.7 Å². The maximum atomic E-state index is 11.6. The van der Waals surface area contributed by atoms with Crippen molar-refractivity contribution in [3.05, 3.63) is 27.5 Å². The number of aliphatic hydroxyl groups excluding tert-OH is 1. The van der Waals surface area contributed by atoms with Crippen LogP contribution in [0, 0.1) is 0 Å². The summed E-state index contributed by atoms with van der Waals surface area (Å²) in [6, 6.07) is 1.58. The van der Waals surface area contributed by atoms with E-state index in [0.717, 1.165) is 0 Å². The Morgan fingerprint density at radius 3 is 3.07 bits per heavy atom. The molecule has 82 valence electrons. The Bertz CT molecular complexity index is 371. The summed E-state index contributed by atoms with van der Waals surface area (Å²) < 4.78 is 0.675. The zero-order valence-corrected chi connectivity index (χ0v) is 10.3. The summed E-state index contributed by atoms with van der Waals surface area (Å²) in [4.78, 5) is 15.4. The number of rotatable bonds is 3. The molecule has 6 heteroatoms. The Hall–Kier alpha value is -0.650. The second-order valence-electron chi connectivity index (χ2n) is 3.05. The van der Waals surface area contributed by atoms with Crippen molar-refractivity contribution in [1.82, 2.24) is 10.3 Å². The highest BCUT2D eigenvalue weighted by molar-refractivity contribution is 9.10. The number of halogens is 2. The van der Waals surface area contributed by atoms with Crippen LogP contribution in [0.1, 0.15) is 17.3 Å². The van der Waals surface area contributed by atoms with E-state index in [1.165, 1.54) is 6.20 Å². The first-order valence-corrected chi connectivity index (χ1v) is 5.45. The van der Waals surface area contributed by atoms with Crippen molar-refractivity contribution in [2.75, 3.05) is 6.54 Å². The minimum absolute atomic E-state index is 0.140. The van der Waals surface area contributed by atoms with E-state index in [0.29, 0.717) is 4.47 Å². The second-order valence-corrected chi connectivity index (χ2v) is 4.32. The monoisotopic (exact) mass is 292 g/mol. The van der Waals surface area contributed by atoms with E-state index in [1.54, 1.807) is 13.0 Å². The number of carbonyl (C=O) groups is 1. The lowest BCUT2D eigenvalue weighted by atomic mass is 10.2. The molecule has 1 atom stereocenters. The Morgan fingerprint density at radius 2 is 2.47 bits per heavy atom. The third-order valence-corrected chi connectivity index (χ3v) is 2.34. The van der Waals surface area contributed by atoms with Crippen LogP contribution < -0.4 is 5.32 Å². The molecule has 0 fully saturated rings. The second kappa shape index (κ2) is 5.44. The zero-order valence-electron chi connectivity index (χ0n) is 8.00. The van der Waals surface area contributed by atoms with Crippen LogP contribution >= 0.6 is 27.5 Å². The Kier molecular flexibility index (Phi) is 4.50. The van der Waals surface area contributed by atoms with Crippen molar-refractivity contribution >= 4 is 33.4 Å². The molecule has 1 rings (SSSR count). The highest BCUT2D eigenvalue weighted by Crippen LogP contribution is 2.17. The molecule has 1 aromatic rings. The summed E-state index contributed by atoms with van der Waals surface area (Å²) in [6.45, 7) is 1.77. The molecule has 0 saturated heterocycles. The van der Waals surface area contributed by atoms with E-state index in [2.05, 4.69) is 26.2 Å². The molecule has 0 bridgehead atoms. The molecule has 1 heterocycles. The predicted octanol–water partition coefficient (Wildman–Crippen LogP) is 1.61. The van der Waals surface area contributed by atoms with Crippen molar-refractivity contribution < 1.29 is 9.90 Å². The van der Waals surface area contributed by atoms with Gasteiger partial charge in [-0.3, -0.25) is 4.79 Å². The van der Waals surface area contributed by atoms with E-state index >= 15 is 0 Å². The molecule has 1 aromatic heterocycles. The van der Waals surface area contributed by atoms with Gasteiger partial charge in [-0.2, -0.15) is 0 Å². The van der Waals surface area contributed by atoms with Crippen molar-refractivity contribution in [1.29, 1.82) is 0 Å². The average molecular weight is 294 g/mol. The first-order chi connectivity index (χ1) is 7.00. The topological polar surface area (TPSA) is 62.2 Å². The number of nitrogens with zero attached hydrogens (tertiary/aromatic N) is 1. The molecule has 0 aromatic carbocycles. The first-order valence-electron chi connectivity index (χ1n) is 4.28. The van der Waals surface area contributed by atoms with Crippen LogP contribution in [0.2, 0.25) is 5.15 Å². The van der Waals surface area contributed by atoms with Crippen molar-refractivity contribution in [3.63, 3.8) is 0 Å². The molecular weight excluding hydrogens is 283 g/mol. The number of aromatic nitrogens is 1. The van der Waals surface area contributed by atoms with E-state index in [1.807, 2.05) is 0 Å². The maximum Gasteiger partial charge on any atom is 0.254 e. The first kappa shape index (κ1) is 12.4.